The van der Waals surface area contributed by atoms with Crippen LogP contribution in [0.15, 0.2) is 48.0 Å². The van der Waals surface area contributed by atoms with Gasteiger partial charge in [-0.15, -0.1) is 0 Å². The summed E-state index contributed by atoms with van der Waals surface area (Å²) in [6, 6.07) is 14.1. The minimum atomic E-state index is -0.442. The van der Waals surface area contributed by atoms with Crippen LogP contribution >= 0.6 is 0 Å². The zero-order chi connectivity index (χ0) is 18.9. The number of fused-ring (bicyclic) bond motifs is 2. The van der Waals surface area contributed by atoms with Crippen molar-refractivity contribution in [2.75, 3.05) is 34.4 Å². The molecule has 1 fully saturated rings. The summed E-state index contributed by atoms with van der Waals surface area (Å²) in [7, 11) is 5.15. The molecule has 0 saturated heterocycles. The molecule has 0 amide bonds. The molecule has 0 spiro atoms. The number of hydroxylamine groups is 1. The Morgan fingerprint density at radius 3 is 2.52 bits per heavy atom. The second-order valence-electron chi connectivity index (χ2n) is 6.58. The van der Waals surface area contributed by atoms with Gasteiger partial charge >= 0.3 is 0 Å². The maximum Gasteiger partial charge on any atom is 0.164 e. The van der Waals surface area contributed by atoms with E-state index in [1.54, 1.807) is 14.2 Å². The SMILES string of the molecule is CNCCONC1=C2CC2(c2ccccc2)Oc2cc(OC)c(OC)cc21. The molecule has 1 aliphatic carbocycles. The van der Waals surface area contributed by atoms with Crippen molar-refractivity contribution in [3.8, 4) is 17.2 Å². The molecule has 1 heterocycles. The predicted octanol–water partition coefficient (Wildman–Crippen LogP) is 2.85. The third-order valence-corrected chi connectivity index (χ3v) is 5.00. The maximum atomic E-state index is 6.48. The van der Waals surface area contributed by atoms with Gasteiger partial charge in [0.15, 0.2) is 17.1 Å². The van der Waals surface area contributed by atoms with Crippen molar-refractivity contribution in [2.24, 2.45) is 0 Å². The number of methoxy groups -OCH3 is 2. The fourth-order valence-corrected chi connectivity index (χ4v) is 3.52. The smallest absolute Gasteiger partial charge is 0.164 e. The van der Waals surface area contributed by atoms with Gasteiger partial charge in [-0.3, -0.25) is 10.3 Å². The van der Waals surface area contributed by atoms with E-state index in [-0.39, 0.29) is 0 Å². The van der Waals surface area contributed by atoms with Crippen LogP contribution in [0.3, 0.4) is 0 Å². The molecular weight excluding hydrogens is 344 g/mol. The van der Waals surface area contributed by atoms with E-state index in [4.69, 9.17) is 19.0 Å². The number of benzene rings is 2. The van der Waals surface area contributed by atoms with Gasteiger partial charge in [-0.25, -0.2) is 0 Å². The van der Waals surface area contributed by atoms with Crippen molar-refractivity contribution in [1.29, 1.82) is 0 Å². The molecule has 6 heteroatoms. The lowest BCUT2D eigenvalue weighted by atomic mass is 10.0. The summed E-state index contributed by atoms with van der Waals surface area (Å²) in [4.78, 5) is 5.68. The molecule has 2 aromatic rings. The molecule has 0 aromatic heterocycles. The van der Waals surface area contributed by atoms with Gasteiger partial charge in [-0.1, -0.05) is 30.3 Å². The molecule has 1 saturated carbocycles. The average molecular weight is 368 g/mol. The Balaban J connectivity index is 1.76. The summed E-state index contributed by atoms with van der Waals surface area (Å²) in [6.45, 7) is 1.31. The number of rotatable bonds is 8. The number of ether oxygens (including phenoxy) is 3. The van der Waals surface area contributed by atoms with Gasteiger partial charge in [0.2, 0.25) is 0 Å². The van der Waals surface area contributed by atoms with E-state index in [0.29, 0.717) is 18.1 Å². The molecule has 0 radical (unpaired) electrons. The van der Waals surface area contributed by atoms with E-state index in [1.807, 2.05) is 37.4 Å². The third kappa shape index (κ3) is 3.01. The normalized spacial score (nSPS) is 19.7. The first-order valence-corrected chi connectivity index (χ1v) is 9.00. The fraction of sp³-hybridized carbons (Fsp3) is 0.333. The van der Waals surface area contributed by atoms with Crippen LogP contribution in [-0.2, 0) is 10.4 Å². The Kier molecular flexibility index (Phi) is 4.68. The zero-order valence-corrected chi connectivity index (χ0v) is 15.8. The highest BCUT2D eigenvalue weighted by molar-refractivity contribution is 5.82. The van der Waals surface area contributed by atoms with Crippen LogP contribution < -0.4 is 25.0 Å². The van der Waals surface area contributed by atoms with E-state index < -0.39 is 5.60 Å². The summed E-state index contributed by atoms with van der Waals surface area (Å²) in [6.07, 6.45) is 0.814. The number of nitrogens with one attached hydrogen (secondary N) is 2. The van der Waals surface area contributed by atoms with Crippen LogP contribution in [0.2, 0.25) is 0 Å². The molecule has 1 aliphatic heterocycles. The Bertz CT molecular complexity index is 866. The average Bonchev–Trinajstić information content (AvgIpc) is 3.45. The monoisotopic (exact) mass is 368 g/mol. The van der Waals surface area contributed by atoms with Crippen LogP contribution in [0.25, 0.3) is 5.70 Å². The molecule has 4 rings (SSSR count). The molecule has 142 valence electrons. The van der Waals surface area contributed by atoms with Crippen LogP contribution in [-0.4, -0.2) is 34.4 Å². The predicted molar refractivity (Wildman–Crippen MR) is 103 cm³/mol. The van der Waals surface area contributed by atoms with E-state index in [1.165, 1.54) is 5.57 Å². The van der Waals surface area contributed by atoms with E-state index in [9.17, 15) is 0 Å². The molecule has 2 N–H and O–H groups in total. The largest absolute Gasteiger partial charge is 0.493 e. The first kappa shape index (κ1) is 17.7. The molecule has 0 bridgehead atoms. The maximum absolute atomic E-state index is 6.48. The van der Waals surface area contributed by atoms with Crippen molar-refractivity contribution in [2.45, 2.75) is 12.0 Å². The molecule has 2 aromatic carbocycles. The van der Waals surface area contributed by atoms with Crippen LogP contribution in [0.5, 0.6) is 17.2 Å². The van der Waals surface area contributed by atoms with E-state index in [2.05, 4.69) is 22.9 Å². The number of likely N-dealkylation sites (N-methyl/N-ethyl adjacent to an activating group) is 1. The number of hydrogen-bond donors (Lipinski definition) is 2. The highest BCUT2D eigenvalue weighted by atomic mass is 16.6. The van der Waals surface area contributed by atoms with Crippen molar-refractivity contribution < 1.29 is 19.0 Å². The van der Waals surface area contributed by atoms with Gasteiger partial charge < -0.3 is 19.5 Å². The van der Waals surface area contributed by atoms with Gasteiger partial charge in [0.25, 0.3) is 0 Å². The van der Waals surface area contributed by atoms with Gasteiger partial charge in [-0.2, -0.15) is 0 Å². The molecule has 1 atom stereocenters. The van der Waals surface area contributed by atoms with Gasteiger partial charge in [0.05, 0.1) is 26.5 Å². The van der Waals surface area contributed by atoms with E-state index in [0.717, 1.165) is 35.5 Å². The summed E-state index contributed by atoms with van der Waals surface area (Å²) in [5.41, 5.74) is 6.88. The quantitative estimate of drug-likeness (QED) is 0.552. The topological polar surface area (TPSA) is 61.0 Å². The summed E-state index contributed by atoms with van der Waals surface area (Å²) in [5, 5.41) is 3.07. The zero-order valence-electron chi connectivity index (χ0n) is 15.8. The van der Waals surface area contributed by atoms with Gasteiger partial charge in [0, 0.05) is 35.7 Å². The molecule has 6 nitrogen and oxygen atoms in total. The van der Waals surface area contributed by atoms with Crippen molar-refractivity contribution in [1.82, 2.24) is 10.8 Å². The minimum Gasteiger partial charge on any atom is -0.493 e. The van der Waals surface area contributed by atoms with Gasteiger partial charge in [0.1, 0.15) is 5.75 Å². The number of hydrogen-bond acceptors (Lipinski definition) is 6. The third-order valence-electron chi connectivity index (χ3n) is 5.00. The molecule has 27 heavy (non-hydrogen) atoms. The standard InChI is InChI=1S/C21H24N2O4/c1-22-9-10-26-23-20-15-11-18(24-2)19(25-3)12-17(15)27-21(13-16(20)21)14-7-5-4-6-8-14/h4-8,11-12,22-23H,9-10,13H2,1-3H3. The Hall–Kier alpha value is -2.70. The lowest BCUT2D eigenvalue weighted by Crippen LogP contribution is -2.26. The second-order valence-corrected chi connectivity index (χ2v) is 6.58. The second kappa shape index (κ2) is 7.13. The first-order valence-electron chi connectivity index (χ1n) is 9.00. The highest BCUT2D eigenvalue weighted by Gasteiger charge is 2.58. The van der Waals surface area contributed by atoms with Crippen LogP contribution in [0.4, 0.5) is 0 Å². The summed E-state index contributed by atoms with van der Waals surface area (Å²) < 4.78 is 17.4. The van der Waals surface area contributed by atoms with Crippen molar-refractivity contribution in [3.05, 3.63) is 59.2 Å². The summed E-state index contributed by atoms with van der Waals surface area (Å²) >= 11 is 0. The lowest BCUT2D eigenvalue weighted by Gasteiger charge is -2.27. The summed E-state index contributed by atoms with van der Waals surface area (Å²) in [5.74, 6) is 2.04. The Labute approximate surface area is 159 Å². The van der Waals surface area contributed by atoms with Crippen molar-refractivity contribution >= 4 is 5.70 Å². The van der Waals surface area contributed by atoms with E-state index >= 15 is 0 Å². The first-order chi connectivity index (χ1) is 13.2. The Morgan fingerprint density at radius 1 is 1.07 bits per heavy atom. The van der Waals surface area contributed by atoms with Gasteiger partial charge in [-0.05, 0) is 13.1 Å². The molecular formula is C21H24N2O4. The fourth-order valence-electron chi connectivity index (χ4n) is 3.52. The minimum absolute atomic E-state index is 0.442. The lowest BCUT2D eigenvalue weighted by molar-refractivity contribution is 0.0793. The molecule has 2 aliphatic rings. The van der Waals surface area contributed by atoms with Crippen LogP contribution in [0, 0.1) is 0 Å². The highest BCUT2D eigenvalue weighted by Crippen LogP contribution is 2.61. The van der Waals surface area contributed by atoms with Crippen molar-refractivity contribution in [3.63, 3.8) is 0 Å². The van der Waals surface area contributed by atoms with Crippen LogP contribution in [0.1, 0.15) is 17.5 Å². The molecule has 1 unspecified atom stereocenters. The Morgan fingerprint density at radius 2 is 1.81 bits per heavy atom.